The minimum atomic E-state index is -0.744. The summed E-state index contributed by atoms with van der Waals surface area (Å²) in [4.78, 5) is 25.4. The van der Waals surface area contributed by atoms with Crippen LogP contribution in [0, 0.1) is 17.8 Å². The highest BCUT2D eigenvalue weighted by atomic mass is 16.4. The molecule has 2 rings (SSSR count). The summed E-state index contributed by atoms with van der Waals surface area (Å²) in [5, 5.41) is 9.03. The van der Waals surface area contributed by atoms with Crippen molar-refractivity contribution in [1.82, 2.24) is 4.90 Å². The number of carboxylic acid groups (broad SMARTS) is 1. The van der Waals surface area contributed by atoms with Gasteiger partial charge in [0.1, 0.15) is 0 Å². The van der Waals surface area contributed by atoms with Crippen molar-refractivity contribution >= 4 is 11.9 Å². The highest BCUT2D eigenvalue weighted by Crippen LogP contribution is 2.34. The summed E-state index contributed by atoms with van der Waals surface area (Å²) in [6.45, 7) is 2.24. The lowest BCUT2D eigenvalue weighted by molar-refractivity contribution is -0.141. The van der Waals surface area contributed by atoms with E-state index < -0.39 is 5.97 Å². The van der Waals surface area contributed by atoms with E-state index in [9.17, 15) is 9.59 Å². The van der Waals surface area contributed by atoms with Crippen molar-refractivity contribution in [3.8, 4) is 0 Å². The fourth-order valence-corrected chi connectivity index (χ4v) is 3.84. The quantitative estimate of drug-likeness (QED) is 0.862. The first-order valence-corrected chi connectivity index (χ1v) is 8.02. The van der Waals surface area contributed by atoms with Gasteiger partial charge >= 0.3 is 5.97 Å². The number of carbonyl (C=O) groups excluding carboxylic acids is 1. The highest BCUT2D eigenvalue weighted by molar-refractivity contribution is 5.81. The molecule has 2 aliphatic carbocycles. The summed E-state index contributed by atoms with van der Waals surface area (Å²) in [5.41, 5.74) is 0. The molecule has 1 N–H and O–H groups in total. The zero-order chi connectivity index (χ0) is 14.7. The molecule has 0 spiro atoms. The number of rotatable bonds is 4. The monoisotopic (exact) mass is 281 g/mol. The summed E-state index contributed by atoms with van der Waals surface area (Å²) in [6, 6.07) is 0.370. The van der Waals surface area contributed by atoms with Crippen LogP contribution in [0.2, 0.25) is 0 Å². The van der Waals surface area contributed by atoms with Gasteiger partial charge in [-0.3, -0.25) is 9.59 Å². The Morgan fingerprint density at radius 2 is 1.65 bits per heavy atom. The molecule has 0 saturated heterocycles. The fraction of sp³-hybridized carbons (Fsp3) is 0.875. The second kappa shape index (κ2) is 6.59. The van der Waals surface area contributed by atoms with Crippen molar-refractivity contribution in [2.75, 3.05) is 7.05 Å². The van der Waals surface area contributed by atoms with E-state index in [2.05, 4.69) is 6.92 Å². The summed E-state index contributed by atoms with van der Waals surface area (Å²) in [5.74, 6) is -0.115. The Kier molecular flexibility index (Phi) is 5.06. The molecule has 2 fully saturated rings. The third kappa shape index (κ3) is 3.33. The van der Waals surface area contributed by atoms with E-state index >= 15 is 0 Å². The Bertz CT molecular complexity index is 361. The maximum Gasteiger partial charge on any atom is 0.306 e. The van der Waals surface area contributed by atoms with Gasteiger partial charge in [0.25, 0.3) is 0 Å². The smallest absolute Gasteiger partial charge is 0.306 e. The predicted molar refractivity (Wildman–Crippen MR) is 77.3 cm³/mol. The molecule has 4 heteroatoms. The number of amides is 1. The molecular weight excluding hydrogens is 254 g/mol. The Hall–Kier alpha value is -1.06. The van der Waals surface area contributed by atoms with Crippen molar-refractivity contribution in [3.63, 3.8) is 0 Å². The van der Waals surface area contributed by atoms with E-state index in [1.807, 2.05) is 11.9 Å². The SMILES string of the molecule is CCC1CCC(N(C)C(=O)C2CCC(C(=O)O)C2)CC1. The van der Waals surface area contributed by atoms with Crippen molar-refractivity contribution in [2.45, 2.75) is 64.3 Å². The lowest BCUT2D eigenvalue weighted by Crippen LogP contribution is -2.42. The minimum Gasteiger partial charge on any atom is -0.481 e. The van der Waals surface area contributed by atoms with Crippen LogP contribution in [0.15, 0.2) is 0 Å². The largest absolute Gasteiger partial charge is 0.481 e. The molecule has 0 radical (unpaired) electrons. The fourth-order valence-electron chi connectivity index (χ4n) is 3.84. The lowest BCUT2D eigenvalue weighted by atomic mass is 9.83. The van der Waals surface area contributed by atoms with Gasteiger partial charge in [-0.05, 0) is 50.9 Å². The first kappa shape index (κ1) is 15.3. The van der Waals surface area contributed by atoms with E-state index in [0.717, 1.165) is 25.2 Å². The van der Waals surface area contributed by atoms with Crippen molar-refractivity contribution in [3.05, 3.63) is 0 Å². The van der Waals surface area contributed by atoms with Gasteiger partial charge in [0, 0.05) is 19.0 Å². The number of aliphatic carboxylic acids is 1. The molecule has 0 aromatic carbocycles. The highest BCUT2D eigenvalue weighted by Gasteiger charge is 2.37. The van der Waals surface area contributed by atoms with E-state index in [-0.39, 0.29) is 17.7 Å². The molecule has 20 heavy (non-hydrogen) atoms. The molecule has 0 aromatic heterocycles. The second-order valence-corrected chi connectivity index (χ2v) is 6.58. The molecule has 0 aliphatic heterocycles. The summed E-state index contributed by atoms with van der Waals surface area (Å²) < 4.78 is 0. The van der Waals surface area contributed by atoms with E-state index in [1.54, 1.807) is 0 Å². The molecule has 1 amide bonds. The first-order valence-electron chi connectivity index (χ1n) is 8.02. The van der Waals surface area contributed by atoms with Crippen LogP contribution in [0.25, 0.3) is 0 Å². The average Bonchev–Trinajstić information content (AvgIpc) is 2.96. The van der Waals surface area contributed by atoms with Gasteiger partial charge < -0.3 is 10.0 Å². The molecule has 0 bridgehead atoms. The summed E-state index contributed by atoms with van der Waals surface area (Å²) in [7, 11) is 1.91. The lowest BCUT2D eigenvalue weighted by Gasteiger charge is -2.35. The third-order valence-electron chi connectivity index (χ3n) is 5.42. The number of hydrogen-bond acceptors (Lipinski definition) is 2. The normalized spacial score (nSPS) is 33.9. The Labute approximate surface area is 121 Å². The van der Waals surface area contributed by atoms with Crippen LogP contribution in [0.1, 0.15) is 58.3 Å². The Balaban J connectivity index is 1.85. The van der Waals surface area contributed by atoms with E-state index in [1.165, 1.54) is 19.3 Å². The Morgan fingerprint density at radius 3 is 2.15 bits per heavy atom. The van der Waals surface area contributed by atoms with Crippen molar-refractivity contribution < 1.29 is 14.7 Å². The average molecular weight is 281 g/mol. The molecular formula is C16H27NO3. The maximum absolute atomic E-state index is 12.5. The molecule has 2 atom stereocenters. The van der Waals surface area contributed by atoms with Crippen LogP contribution in [0.4, 0.5) is 0 Å². The predicted octanol–water partition coefficient (Wildman–Crippen LogP) is 2.91. The van der Waals surface area contributed by atoms with Crippen LogP contribution in [0.3, 0.4) is 0 Å². The standard InChI is InChI=1S/C16H27NO3/c1-3-11-4-8-14(9-5-11)17(2)15(18)12-6-7-13(10-12)16(19)20/h11-14H,3-10H2,1-2H3,(H,19,20). The van der Waals surface area contributed by atoms with Gasteiger partial charge in [-0.1, -0.05) is 13.3 Å². The van der Waals surface area contributed by atoms with Gasteiger partial charge in [-0.2, -0.15) is 0 Å². The van der Waals surface area contributed by atoms with Gasteiger partial charge in [-0.25, -0.2) is 0 Å². The zero-order valence-corrected chi connectivity index (χ0v) is 12.7. The van der Waals surface area contributed by atoms with Gasteiger partial charge in [-0.15, -0.1) is 0 Å². The third-order valence-corrected chi connectivity index (χ3v) is 5.42. The molecule has 2 unspecified atom stereocenters. The van der Waals surface area contributed by atoms with E-state index in [4.69, 9.17) is 5.11 Å². The van der Waals surface area contributed by atoms with Crippen LogP contribution >= 0.6 is 0 Å². The second-order valence-electron chi connectivity index (χ2n) is 6.58. The van der Waals surface area contributed by atoms with Crippen molar-refractivity contribution in [1.29, 1.82) is 0 Å². The van der Waals surface area contributed by atoms with Crippen LogP contribution in [0.5, 0.6) is 0 Å². The number of carboxylic acids is 1. The van der Waals surface area contributed by atoms with Gasteiger partial charge in [0.05, 0.1) is 5.92 Å². The van der Waals surface area contributed by atoms with Gasteiger partial charge in [0.2, 0.25) is 5.91 Å². The molecule has 0 aromatic rings. The van der Waals surface area contributed by atoms with Crippen LogP contribution < -0.4 is 0 Å². The molecule has 0 heterocycles. The summed E-state index contributed by atoms with van der Waals surface area (Å²) >= 11 is 0. The summed E-state index contributed by atoms with van der Waals surface area (Å²) in [6.07, 6.45) is 7.83. The topological polar surface area (TPSA) is 57.6 Å². The zero-order valence-electron chi connectivity index (χ0n) is 12.7. The molecule has 4 nitrogen and oxygen atoms in total. The minimum absolute atomic E-state index is 0.0648. The van der Waals surface area contributed by atoms with Crippen LogP contribution in [-0.4, -0.2) is 35.0 Å². The number of hydrogen-bond donors (Lipinski definition) is 1. The van der Waals surface area contributed by atoms with Crippen molar-refractivity contribution in [2.24, 2.45) is 17.8 Å². The molecule has 2 saturated carbocycles. The van der Waals surface area contributed by atoms with Gasteiger partial charge in [0.15, 0.2) is 0 Å². The van der Waals surface area contributed by atoms with E-state index in [0.29, 0.717) is 18.9 Å². The number of nitrogens with zero attached hydrogens (tertiary/aromatic N) is 1. The Morgan fingerprint density at radius 1 is 1.05 bits per heavy atom. The number of carbonyl (C=O) groups is 2. The molecule has 2 aliphatic rings. The first-order chi connectivity index (χ1) is 9.52. The maximum atomic E-state index is 12.5. The molecule has 114 valence electrons. The van der Waals surface area contributed by atoms with Crippen LogP contribution in [-0.2, 0) is 9.59 Å².